The SMILES string of the molecule is COc1ccc(OC)c(NC(=O)c2ccc(S(=O)(=O)[C@H]3CCS(=O)(=O)C3)cc2)c1. The lowest BCUT2D eigenvalue weighted by Crippen LogP contribution is -2.23. The quantitative estimate of drug-likeness (QED) is 0.731. The van der Waals surface area contributed by atoms with Crippen LogP contribution in [-0.2, 0) is 19.7 Å². The standard InChI is InChI=1S/C19H21NO7S2/c1-26-14-5-8-18(27-2)17(11-14)20-19(21)13-3-6-15(7-4-13)29(24,25)16-9-10-28(22,23)12-16/h3-8,11,16H,9-10,12H2,1-2H3,(H,20,21)/t16-/m0/s1. The highest BCUT2D eigenvalue weighted by molar-refractivity contribution is 7.96. The Bertz CT molecular complexity index is 1120. The van der Waals surface area contributed by atoms with Crippen LogP contribution in [0.5, 0.6) is 11.5 Å². The van der Waals surface area contributed by atoms with Crippen molar-refractivity contribution in [2.75, 3.05) is 31.0 Å². The lowest BCUT2D eigenvalue weighted by atomic mass is 10.2. The van der Waals surface area contributed by atoms with Crippen LogP contribution in [0.15, 0.2) is 47.4 Å². The number of hydrogen-bond acceptors (Lipinski definition) is 7. The molecule has 1 aliphatic heterocycles. The molecule has 0 bridgehead atoms. The van der Waals surface area contributed by atoms with Crippen LogP contribution in [0.1, 0.15) is 16.8 Å². The Hall–Kier alpha value is -2.59. The van der Waals surface area contributed by atoms with Gasteiger partial charge in [0.15, 0.2) is 19.7 Å². The van der Waals surface area contributed by atoms with Gasteiger partial charge in [-0.2, -0.15) is 0 Å². The van der Waals surface area contributed by atoms with Crippen LogP contribution < -0.4 is 14.8 Å². The lowest BCUT2D eigenvalue weighted by Gasteiger charge is -2.13. The number of rotatable bonds is 6. The second-order valence-corrected chi connectivity index (χ2v) is 11.1. The summed E-state index contributed by atoms with van der Waals surface area (Å²) in [6.45, 7) is 0. The second kappa shape index (κ2) is 8.03. The predicted octanol–water partition coefficient (Wildman–Crippen LogP) is 1.92. The summed E-state index contributed by atoms with van der Waals surface area (Å²) in [6, 6.07) is 10.4. The van der Waals surface area contributed by atoms with Gasteiger partial charge in [-0.15, -0.1) is 0 Å². The number of amides is 1. The summed E-state index contributed by atoms with van der Waals surface area (Å²) in [5.74, 6) is 0.0336. The van der Waals surface area contributed by atoms with E-state index in [0.717, 1.165) is 0 Å². The molecule has 1 atom stereocenters. The number of methoxy groups -OCH3 is 2. The Morgan fingerprint density at radius 1 is 1.07 bits per heavy atom. The van der Waals surface area contributed by atoms with Gasteiger partial charge in [0.2, 0.25) is 0 Å². The summed E-state index contributed by atoms with van der Waals surface area (Å²) in [5.41, 5.74) is 0.651. The van der Waals surface area contributed by atoms with Crippen molar-refractivity contribution in [1.29, 1.82) is 0 Å². The predicted molar refractivity (Wildman–Crippen MR) is 108 cm³/mol. The molecular formula is C19H21NO7S2. The van der Waals surface area contributed by atoms with E-state index in [2.05, 4.69) is 5.32 Å². The number of carbonyl (C=O) groups excluding carboxylic acids is 1. The summed E-state index contributed by atoms with van der Waals surface area (Å²) >= 11 is 0. The molecule has 3 rings (SSSR count). The van der Waals surface area contributed by atoms with Crippen molar-refractivity contribution in [2.24, 2.45) is 0 Å². The molecule has 0 unspecified atom stereocenters. The molecule has 1 amide bonds. The third kappa shape index (κ3) is 4.54. The van der Waals surface area contributed by atoms with Crippen molar-refractivity contribution in [3.05, 3.63) is 48.0 Å². The number of carbonyl (C=O) groups is 1. The molecule has 2 aromatic carbocycles. The maximum atomic E-state index is 12.7. The molecule has 0 aromatic heterocycles. The van der Waals surface area contributed by atoms with E-state index in [9.17, 15) is 21.6 Å². The molecule has 8 nitrogen and oxygen atoms in total. The average Bonchev–Trinajstić information content (AvgIpc) is 3.08. The number of sulfone groups is 2. The van der Waals surface area contributed by atoms with Gasteiger partial charge >= 0.3 is 0 Å². The number of anilines is 1. The fraction of sp³-hybridized carbons (Fsp3) is 0.316. The van der Waals surface area contributed by atoms with Gasteiger partial charge in [0.05, 0.1) is 41.6 Å². The number of ether oxygens (including phenoxy) is 2. The van der Waals surface area contributed by atoms with E-state index in [4.69, 9.17) is 9.47 Å². The van der Waals surface area contributed by atoms with E-state index in [0.29, 0.717) is 17.2 Å². The number of benzene rings is 2. The first-order valence-electron chi connectivity index (χ1n) is 8.74. The van der Waals surface area contributed by atoms with Crippen molar-refractivity contribution in [3.8, 4) is 11.5 Å². The van der Waals surface area contributed by atoms with E-state index >= 15 is 0 Å². The molecule has 10 heteroatoms. The van der Waals surface area contributed by atoms with Crippen molar-refractivity contribution in [1.82, 2.24) is 0 Å². The van der Waals surface area contributed by atoms with E-state index in [1.807, 2.05) is 0 Å². The van der Waals surface area contributed by atoms with Gasteiger partial charge in [-0.25, -0.2) is 16.8 Å². The van der Waals surface area contributed by atoms with Gasteiger partial charge in [0, 0.05) is 11.6 Å². The molecule has 0 radical (unpaired) electrons. The summed E-state index contributed by atoms with van der Waals surface area (Å²) in [4.78, 5) is 12.5. The van der Waals surface area contributed by atoms with Crippen molar-refractivity contribution in [2.45, 2.75) is 16.6 Å². The molecule has 2 aromatic rings. The van der Waals surface area contributed by atoms with Crippen LogP contribution in [0, 0.1) is 0 Å². The molecule has 1 fully saturated rings. The molecule has 1 saturated heterocycles. The monoisotopic (exact) mass is 439 g/mol. The zero-order chi connectivity index (χ0) is 21.2. The van der Waals surface area contributed by atoms with Gasteiger partial charge in [-0.3, -0.25) is 4.79 Å². The minimum Gasteiger partial charge on any atom is -0.497 e. The lowest BCUT2D eigenvalue weighted by molar-refractivity contribution is 0.102. The minimum absolute atomic E-state index is 0.00453. The highest BCUT2D eigenvalue weighted by atomic mass is 32.2. The summed E-state index contributed by atoms with van der Waals surface area (Å²) in [6.07, 6.45) is 0.0859. The average molecular weight is 440 g/mol. The van der Waals surface area contributed by atoms with Gasteiger partial charge in [0.25, 0.3) is 5.91 Å². The molecule has 1 heterocycles. The van der Waals surface area contributed by atoms with Gasteiger partial charge in [-0.1, -0.05) is 0 Å². The molecule has 1 aliphatic rings. The molecule has 0 aliphatic carbocycles. The van der Waals surface area contributed by atoms with Crippen LogP contribution in [0.3, 0.4) is 0 Å². The first-order chi connectivity index (χ1) is 13.7. The van der Waals surface area contributed by atoms with E-state index < -0.39 is 30.8 Å². The van der Waals surface area contributed by atoms with Crippen LogP contribution in [0.4, 0.5) is 5.69 Å². The first kappa shape index (κ1) is 21.1. The minimum atomic E-state index is -3.78. The van der Waals surface area contributed by atoms with Gasteiger partial charge < -0.3 is 14.8 Å². The van der Waals surface area contributed by atoms with Crippen LogP contribution in [-0.4, -0.2) is 53.7 Å². The zero-order valence-electron chi connectivity index (χ0n) is 15.9. The molecule has 1 N–H and O–H groups in total. The van der Waals surface area contributed by atoms with Crippen LogP contribution >= 0.6 is 0 Å². The Morgan fingerprint density at radius 3 is 2.31 bits per heavy atom. The van der Waals surface area contributed by atoms with E-state index in [1.165, 1.54) is 38.5 Å². The molecule has 156 valence electrons. The molecule has 0 saturated carbocycles. The van der Waals surface area contributed by atoms with Crippen molar-refractivity contribution in [3.63, 3.8) is 0 Å². The Labute approximate surface area is 169 Å². The summed E-state index contributed by atoms with van der Waals surface area (Å²) < 4.78 is 58.9. The van der Waals surface area contributed by atoms with E-state index in [1.54, 1.807) is 18.2 Å². The maximum Gasteiger partial charge on any atom is 0.255 e. The third-order valence-corrected chi connectivity index (χ3v) is 8.92. The summed E-state index contributed by atoms with van der Waals surface area (Å²) in [7, 11) is -4.12. The fourth-order valence-corrected chi connectivity index (χ4v) is 7.46. The van der Waals surface area contributed by atoms with Crippen LogP contribution in [0.2, 0.25) is 0 Å². The molecule has 29 heavy (non-hydrogen) atoms. The number of nitrogens with one attached hydrogen (secondary N) is 1. The topological polar surface area (TPSA) is 116 Å². The Balaban J connectivity index is 1.79. The highest BCUT2D eigenvalue weighted by Crippen LogP contribution is 2.30. The fourth-order valence-electron chi connectivity index (χ4n) is 3.10. The highest BCUT2D eigenvalue weighted by Gasteiger charge is 2.38. The van der Waals surface area contributed by atoms with E-state index in [-0.39, 0.29) is 28.4 Å². The second-order valence-electron chi connectivity index (χ2n) is 6.61. The smallest absolute Gasteiger partial charge is 0.255 e. The number of hydrogen-bond donors (Lipinski definition) is 1. The molecule has 0 spiro atoms. The normalized spacial score (nSPS) is 18.2. The molecular weight excluding hydrogens is 418 g/mol. The van der Waals surface area contributed by atoms with Crippen LogP contribution in [0.25, 0.3) is 0 Å². The van der Waals surface area contributed by atoms with Crippen molar-refractivity contribution >= 4 is 31.3 Å². The van der Waals surface area contributed by atoms with Crippen molar-refractivity contribution < 1.29 is 31.1 Å². The Kier molecular flexibility index (Phi) is 5.85. The summed E-state index contributed by atoms with van der Waals surface area (Å²) in [5, 5.41) is 1.75. The van der Waals surface area contributed by atoms with Gasteiger partial charge in [0.1, 0.15) is 11.5 Å². The first-order valence-corrected chi connectivity index (χ1v) is 12.1. The van der Waals surface area contributed by atoms with Gasteiger partial charge in [-0.05, 0) is 42.8 Å². The third-order valence-electron chi connectivity index (χ3n) is 4.73. The largest absolute Gasteiger partial charge is 0.497 e. The zero-order valence-corrected chi connectivity index (χ0v) is 17.5. The maximum absolute atomic E-state index is 12.7. The Morgan fingerprint density at radius 2 is 1.76 bits per heavy atom.